The molecule has 0 bridgehead atoms. The first-order valence-corrected chi connectivity index (χ1v) is 5.85. The summed E-state index contributed by atoms with van der Waals surface area (Å²) in [5.74, 6) is -0.665. The summed E-state index contributed by atoms with van der Waals surface area (Å²) >= 11 is 0. The van der Waals surface area contributed by atoms with Crippen molar-refractivity contribution >= 4 is 0 Å². The van der Waals surface area contributed by atoms with Gasteiger partial charge in [0, 0.05) is 12.1 Å². The van der Waals surface area contributed by atoms with Crippen LogP contribution < -0.4 is 5.32 Å². The van der Waals surface area contributed by atoms with Crippen molar-refractivity contribution in [1.29, 1.82) is 0 Å². The molecule has 1 aliphatic heterocycles. The van der Waals surface area contributed by atoms with Crippen molar-refractivity contribution in [1.82, 2.24) is 5.32 Å². The van der Waals surface area contributed by atoms with E-state index in [9.17, 15) is 8.78 Å². The molecule has 16 heavy (non-hydrogen) atoms. The maximum Gasteiger partial charge on any atom is 0.126 e. The number of hydrogen-bond acceptors (Lipinski definition) is 1. The van der Waals surface area contributed by atoms with Crippen LogP contribution in [0.25, 0.3) is 0 Å². The molecule has 0 radical (unpaired) electrons. The maximum atomic E-state index is 13.4. The van der Waals surface area contributed by atoms with Crippen molar-refractivity contribution in [3.8, 4) is 0 Å². The largest absolute Gasteiger partial charge is 0.311 e. The molecule has 0 aromatic heterocycles. The fraction of sp³-hybridized carbons (Fsp3) is 0.538. The van der Waals surface area contributed by atoms with E-state index in [2.05, 4.69) is 12.2 Å². The Morgan fingerprint density at radius 2 is 2.12 bits per heavy atom. The maximum absolute atomic E-state index is 13.4. The van der Waals surface area contributed by atoms with Gasteiger partial charge in [0.1, 0.15) is 11.6 Å². The molecule has 0 spiro atoms. The van der Waals surface area contributed by atoms with Gasteiger partial charge in [0.05, 0.1) is 0 Å². The molecule has 1 fully saturated rings. The Hall–Kier alpha value is -0.960. The molecule has 1 aliphatic rings. The number of benzene rings is 1. The van der Waals surface area contributed by atoms with Crippen LogP contribution in [0, 0.1) is 11.6 Å². The van der Waals surface area contributed by atoms with E-state index in [1.54, 1.807) is 0 Å². The zero-order valence-electron chi connectivity index (χ0n) is 9.47. The molecule has 1 nitrogen and oxygen atoms in total. The molecule has 1 aromatic rings. The molecule has 0 amide bonds. The lowest BCUT2D eigenvalue weighted by Crippen LogP contribution is -2.41. The molecule has 2 atom stereocenters. The number of hydrogen-bond donors (Lipinski definition) is 1. The Morgan fingerprint density at radius 1 is 1.31 bits per heavy atom. The first-order chi connectivity index (χ1) is 7.65. The smallest absolute Gasteiger partial charge is 0.126 e. The van der Waals surface area contributed by atoms with E-state index < -0.39 is 0 Å². The number of nitrogens with one attached hydrogen (secondary N) is 1. The van der Waals surface area contributed by atoms with Gasteiger partial charge in [-0.1, -0.05) is 6.42 Å². The van der Waals surface area contributed by atoms with Crippen molar-refractivity contribution in [2.75, 3.05) is 0 Å². The monoisotopic (exact) mass is 225 g/mol. The van der Waals surface area contributed by atoms with Crippen LogP contribution >= 0.6 is 0 Å². The van der Waals surface area contributed by atoms with Crippen LogP contribution in [0.2, 0.25) is 0 Å². The van der Waals surface area contributed by atoms with Gasteiger partial charge in [-0.3, -0.25) is 0 Å². The van der Waals surface area contributed by atoms with Crippen LogP contribution in [-0.2, 0) is 6.42 Å². The average Bonchev–Trinajstić information content (AvgIpc) is 2.24. The predicted molar refractivity (Wildman–Crippen MR) is 60.3 cm³/mol. The van der Waals surface area contributed by atoms with E-state index in [1.165, 1.54) is 18.6 Å². The number of rotatable bonds is 2. The van der Waals surface area contributed by atoms with E-state index in [1.807, 2.05) is 0 Å². The third-order valence-electron chi connectivity index (χ3n) is 3.18. The molecular weight excluding hydrogens is 208 g/mol. The highest BCUT2D eigenvalue weighted by molar-refractivity contribution is 5.20. The van der Waals surface area contributed by atoms with Crippen molar-refractivity contribution in [2.24, 2.45) is 0 Å². The summed E-state index contributed by atoms with van der Waals surface area (Å²) in [4.78, 5) is 0. The molecule has 2 unspecified atom stereocenters. The first-order valence-electron chi connectivity index (χ1n) is 5.85. The summed E-state index contributed by atoms with van der Waals surface area (Å²) in [7, 11) is 0. The summed E-state index contributed by atoms with van der Waals surface area (Å²) in [6.45, 7) is 2.13. The summed E-state index contributed by atoms with van der Waals surface area (Å²) in [6.07, 6.45) is 3.95. The van der Waals surface area contributed by atoms with Gasteiger partial charge in [-0.2, -0.15) is 0 Å². The Kier molecular flexibility index (Phi) is 3.54. The normalized spacial score (nSPS) is 25.7. The zero-order chi connectivity index (χ0) is 11.5. The second-order valence-electron chi connectivity index (χ2n) is 4.64. The fourth-order valence-electron chi connectivity index (χ4n) is 2.37. The molecule has 1 aromatic carbocycles. The second kappa shape index (κ2) is 4.91. The molecule has 1 heterocycles. The minimum Gasteiger partial charge on any atom is -0.311 e. The van der Waals surface area contributed by atoms with Gasteiger partial charge in [0.25, 0.3) is 0 Å². The molecule has 0 aliphatic carbocycles. The SMILES string of the molecule is CC1CCCC(Cc2cc(F)ccc2F)N1. The third-order valence-corrected chi connectivity index (χ3v) is 3.18. The molecule has 88 valence electrons. The Morgan fingerprint density at radius 3 is 2.88 bits per heavy atom. The first kappa shape index (κ1) is 11.5. The number of piperidine rings is 1. The van der Waals surface area contributed by atoms with Crippen LogP contribution in [0.4, 0.5) is 8.78 Å². The Bertz CT molecular complexity index is 365. The predicted octanol–water partition coefficient (Wildman–Crippen LogP) is 3.04. The molecule has 1 saturated heterocycles. The lowest BCUT2D eigenvalue weighted by atomic mass is 9.94. The van der Waals surface area contributed by atoms with Gasteiger partial charge in [0.15, 0.2) is 0 Å². The van der Waals surface area contributed by atoms with Gasteiger partial charge in [-0.25, -0.2) is 8.78 Å². The van der Waals surface area contributed by atoms with Gasteiger partial charge in [-0.15, -0.1) is 0 Å². The van der Waals surface area contributed by atoms with E-state index in [0.29, 0.717) is 18.0 Å². The summed E-state index contributed by atoms with van der Waals surface area (Å²) in [5.41, 5.74) is 0.478. The van der Waals surface area contributed by atoms with E-state index in [-0.39, 0.29) is 17.7 Å². The quantitative estimate of drug-likeness (QED) is 0.815. The molecule has 1 N–H and O–H groups in total. The summed E-state index contributed by atoms with van der Waals surface area (Å²) < 4.78 is 26.4. The van der Waals surface area contributed by atoms with E-state index >= 15 is 0 Å². The summed E-state index contributed by atoms with van der Waals surface area (Å²) in [6, 6.07) is 4.43. The highest BCUT2D eigenvalue weighted by atomic mass is 19.1. The van der Waals surface area contributed by atoms with Crippen LogP contribution in [0.1, 0.15) is 31.7 Å². The topological polar surface area (TPSA) is 12.0 Å². The lowest BCUT2D eigenvalue weighted by Gasteiger charge is -2.28. The summed E-state index contributed by atoms with van der Waals surface area (Å²) in [5, 5.41) is 3.42. The van der Waals surface area contributed by atoms with Gasteiger partial charge in [0.2, 0.25) is 0 Å². The Balaban J connectivity index is 2.05. The zero-order valence-corrected chi connectivity index (χ0v) is 9.47. The van der Waals surface area contributed by atoms with Crippen molar-refractivity contribution in [3.63, 3.8) is 0 Å². The Labute approximate surface area is 94.9 Å². The van der Waals surface area contributed by atoms with Crippen LogP contribution in [0.15, 0.2) is 18.2 Å². The number of halogens is 2. The molecule has 3 heteroatoms. The van der Waals surface area contributed by atoms with Crippen molar-refractivity contribution in [3.05, 3.63) is 35.4 Å². The van der Waals surface area contributed by atoms with Crippen LogP contribution in [-0.4, -0.2) is 12.1 Å². The van der Waals surface area contributed by atoms with Crippen LogP contribution in [0.3, 0.4) is 0 Å². The van der Waals surface area contributed by atoms with Gasteiger partial charge >= 0.3 is 0 Å². The van der Waals surface area contributed by atoms with Crippen LogP contribution in [0.5, 0.6) is 0 Å². The van der Waals surface area contributed by atoms with Gasteiger partial charge < -0.3 is 5.32 Å². The molecular formula is C13H17F2N. The van der Waals surface area contributed by atoms with Crippen molar-refractivity contribution < 1.29 is 8.78 Å². The third kappa shape index (κ3) is 2.79. The second-order valence-corrected chi connectivity index (χ2v) is 4.64. The minimum atomic E-state index is -0.361. The molecule has 0 saturated carbocycles. The van der Waals surface area contributed by atoms with E-state index in [0.717, 1.165) is 18.9 Å². The standard InChI is InChI=1S/C13H17F2N/c1-9-3-2-4-12(16-9)8-10-7-11(14)5-6-13(10)15/h5-7,9,12,16H,2-4,8H2,1H3. The minimum absolute atomic E-state index is 0.278. The highest BCUT2D eigenvalue weighted by Gasteiger charge is 2.19. The van der Waals surface area contributed by atoms with Crippen molar-refractivity contribution in [2.45, 2.75) is 44.7 Å². The molecule has 2 rings (SSSR count). The average molecular weight is 225 g/mol. The lowest BCUT2D eigenvalue weighted by molar-refractivity contribution is 0.331. The van der Waals surface area contributed by atoms with E-state index in [4.69, 9.17) is 0 Å². The highest BCUT2D eigenvalue weighted by Crippen LogP contribution is 2.18. The fourth-order valence-corrected chi connectivity index (χ4v) is 2.37. The van der Waals surface area contributed by atoms with Gasteiger partial charge in [-0.05, 0) is 49.9 Å².